The molecule has 0 spiro atoms. The number of nitrogens with one attached hydrogen (secondary N) is 2. The van der Waals surface area contributed by atoms with Crippen molar-refractivity contribution >= 4 is 33.0 Å². The van der Waals surface area contributed by atoms with E-state index in [-0.39, 0.29) is 17.0 Å². The van der Waals surface area contributed by atoms with Crippen LogP contribution in [0, 0.1) is 0 Å². The molecule has 3 aromatic rings. The molecule has 8 heteroatoms. The minimum atomic E-state index is -3.59. The standard InChI is InChI=1S/C25H26N2O5S/c1-32-21-13-7-12-20(17-21)26-25(29)22-14-5-6-15-23(22)27-24(28)18-33(30,31)16-8-11-19-9-3-2-4-10-19/h2-7,9-10,12-15,17H,8,11,16,18H2,1H3,(H,26,29)(H,27,28). The minimum Gasteiger partial charge on any atom is -0.497 e. The molecule has 0 aromatic heterocycles. The number of carbonyl (C=O) groups is 2. The Morgan fingerprint density at radius 2 is 1.61 bits per heavy atom. The Bertz CT molecular complexity index is 1210. The number of aryl methyl sites for hydroxylation is 1. The summed E-state index contributed by atoms with van der Waals surface area (Å²) in [5.74, 6) is -1.27. The summed E-state index contributed by atoms with van der Waals surface area (Å²) in [6.07, 6.45) is 1.05. The molecule has 0 aliphatic rings. The SMILES string of the molecule is COc1cccc(NC(=O)c2ccccc2NC(=O)CS(=O)(=O)CCCc2ccccc2)c1. The lowest BCUT2D eigenvalue weighted by Gasteiger charge is -2.12. The molecule has 0 bridgehead atoms. The second-order valence-electron chi connectivity index (χ2n) is 7.46. The van der Waals surface area contributed by atoms with E-state index in [1.165, 1.54) is 7.11 Å². The summed E-state index contributed by atoms with van der Waals surface area (Å²) in [7, 11) is -2.06. The van der Waals surface area contributed by atoms with Gasteiger partial charge in [0.05, 0.1) is 24.1 Å². The molecule has 0 unspecified atom stereocenters. The summed E-state index contributed by atoms with van der Waals surface area (Å²) in [4.78, 5) is 25.2. The van der Waals surface area contributed by atoms with Gasteiger partial charge in [0.1, 0.15) is 11.5 Å². The summed E-state index contributed by atoms with van der Waals surface area (Å²) < 4.78 is 29.9. The van der Waals surface area contributed by atoms with Crippen LogP contribution in [0.5, 0.6) is 5.75 Å². The van der Waals surface area contributed by atoms with Crippen molar-refractivity contribution in [1.29, 1.82) is 0 Å². The number of amides is 2. The molecule has 33 heavy (non-hydrogen) atoms. The van der Waals surface area contributed by atoms with Crippen molar-refractivity contribution in [2.75, 3.05) is 29.2 Å². The Labute approximate surface area is 193 Å². The second-order valence-corrected chi connectivity index (χ2v) is 9.65. The lowest BCUT2D eigenvalue weighted by molar-refractivity contribution is -0.113. The van der Waals surface area contributed by atoms with Crippen molar-refractivity contribution in [3.63, 3.8) is 0 Å². The minimum absolute atomic E-state index is 0.0900. The van der Waals surface area contributed by atoms with Crippen molar-refractivity contribution in [3.8, 4) is 5.75 Å². The molecule has 172 valence electrons. The number of benzene rings is 3. The van der Waals surface area contributed by atoms with Gasteiger partial charge in [-0.05, 0) is 42.7 Å². The van der Waals surface area contributed by atoms with Crippen LogP contribution in [0.3, 0.4) is 0 Å². The summed E-state index contributed by atoms with van der Waals surface area (Å²) in [6.45, 7) is 0. The van der Waals surface area contributed by atoms with Crippen molar-refractivity contribution in [1.82, 2.24) is 0 Å². The number of hydrogen-bond acceptors (Lipinski definition) is 5. The summed E-state index contributed by atoms with van der Waals surface area (Å²) in [5.41, 5.74) is 2.03. The van der Waals surface area contributed by atoms with E-state index in [0.717, 1.165) is 5.56 Å². The topological polar surface area (TPSA) is 102 Å². The molecule has 2 N–H and O–H groups in total. The molecule has 0 atom stereocenters. The second kappa shape index (κ2) is 11.3. The monoisotopic (exact) mass is 466 g/mol. The van der Waals surface area contributed by atoms with E-state index in [9.17, 15) is 18.0 Å². The third kappa shape index (κ3) is 7.47. The van der Waals surface area contributed by atoms with Crippen LogP contribution >= 0.6 is 0 Å². The normalized spacial score (nSPS) is 10.9. The molecule has 0 radical (unpaired) electrons. The summed E-state index contributed by atoms with van der Waals surface area (Å²) in [6, 6.07) is 22.9. The van der Waals surface area contributed by atoms with Crippen LogP contribution in [0.4, 0.5) is 11.4 Å². The van der Waals surface area contributed by atoms with Gasteiger partial charge in [0.25, 0.3) is 5.91 Å². The fourth-order valence-corrected chi connectivity index (χ4v) is 4.49. The van der Waals surface area contributed by atoms with E-state index in [2.05, 4.69) is 10.6 Å². The molecule has 0 heterocycles. The van der Waals surface area contributed by atoms with Crippen molar-refractivity contribution in [3.05, 3.63) is 90.0 Å². The zero-order valence-electron chi connectivity index (χ0n) is 18.3. The van der Waals surface area contributed by atoms with Crippen LogP contribution in [-0.2, 0) is 21.1 Å². The molecule has 3 rings (SSSR count). The number of para-hydroxylation sites is 1. The third-order valence-corrected chi connectivity index (χ3v) is 6.50. The first kappa shape index (κ1) is 24.0. The average molecular weight is 467 g/mol. The largest absolute Gasteiger partial charge is 0.497 e. The third-order valence-electron chi connectivity index (χ3n) is 4.89. The Hall–Kier alpha value is -3.65. The van der Waals surface area contributed by atoms with Gasteiger partial charge in [0, 0.05) is 11.8 Å². The molecule has 0 saturated carbocycles. The maximum absolute atomic E-state index is 12.8. The highest BCUT2D eigenvalue weighted by atomic mass is 32.2. The Morgan fingerprint density at radius 1 is 0.879 bits per heavy atom. The van der Waals surface area contributed by atoms with E-state index in [1.807, 2.05) is 30.3 Å². The molecule has 0 saturated heterocycles. The van der Waals surface area contributed by atoms with Gasteiger partial charge in [-0.25, -0.2) is 8.42 Å². The number of rotatable bonds is 10. The molecule has 7 nitrogen and oxygen atoms in total. The van der Waals surface area contributed by atoms with E-state index < -0.39 is 27.4 Å². The van der Waals surface area contributed by atoms with Gasteiger partial charge in [-0.2, -0.15) is 0 Å². The molecular formula is C25H26N2O5S. The van der Waals surface area contributed by atoms with Gasteiger partial charge in [0.15, 0.2) is 9.84 Å². The molecule has 0 aliphatic heterocycles. The van der Waals surface area contributed by atoms with Crippen LogP contribution in [-0.4, -0.2) is 38.8 Å². The fourth-order valence-electron chi connectivity index (χ4n) is 3.29. The van der Waals surface area contributed by atoms with Gasteiger partial charge in [0.2, 0.25) is 5.91 Å². The summed E-state index contributed by atoms with van der Waals surface area (Å²) >= 11 is 0. The number of hydrogen-bond donors (Lipinski definition) is 2. The zero-order valence-corrected chi connectivity index (χ0v) is 19.1. The molecule has 2 amide bonds. The van der Waals surface area contributed by atoms with E-state index in [0.29, 0.717) is 24.3 Å². The highest BCUT2D eigenvalue weighted by molar-refractivity contribution is 7.92. The van der Waals surface area contributed by atoms with Crippen LogP contribution in [0.2, 0.25) is 0 Å². The number of carbonyl (C=O) groups excluding carboxylic acids is 2. The first-order valence-corrected chi connectivity index (χ1v) is 12.3. The van der Waals surface area contributed by atoms with Crippen LogP contribution in [0.15, 0.2) is 78.9 Å². The number of ether oxygens (including phenoxy) is 1. The van der Waals surface area contributed by atoms with E-state index in [4.69, 9.17) is 4.74 Å². The van der Waals surface area contributed by atoms with Gasteiger partial charge in [-0.3, -0.25) is 9.59 Å². The van der Waals surface area contributed by atoms with Gasteiger partial charge in [-0.1, -0.05) is 48.5 Å². The van der Waals surface area contributed by atoms with E-state index in [1.54, 1.807) is 48.5 Å². The Morgan fingerprint density at radius 3 is 2.36 bits per heavy atom. The number of sulfone groups is 1. The predicted molar refractivity (Wildman–Crippen MR) is 129 cm³/mol. The lowest BCUT2D eigenvalue weighted by Crippen LogP contribution is -2.26. The first-order valence-electron chi connectivity index (χ1n) is 10.4. The highest BCUT2D eigenvalue weighted by Gasteiger charge is 2.19. The quantitative estimate of drug-likeness (QED) is 0.471. The maximum Gasteiger partial charge on any atom is 0.257 e. The van der Waals surface area contributed by atoms with Gasteiger partial charge in [-0.15, -0.1) is 0 Å². The lowest BCUT2D eigenvalue weighted by atomic mass is 10.1. The van der Waals surface area contributed by atoms with Crippen LogP contribution in [0.25, 0.3) is 0 Å². The Kier molecular flexibility index (Phi) is 8.21. The predicted octanol–water partition coefficient (Wildman–Crippen LogP) is 3.93. The molecule has 0 fully saturated rings. The van der Waals surface area contributed by atoms with Crippen molar-refractivity contribution in [2.45, 2.75) is 12.8 Å². The van der Waals surface area contributed by atoms with E-state index >= 15 is 0 Å². The zero-order chi connectivity index (χ0) is 23.7. The molecule has 3 aromatic carbocycles. The van der Waals surface area contributed by atoms with Crippen molar-refractivity contribution in [2.24, 2.45) is 0 Å². The first-order chi connectivity index (χ1) is 15.9. The van der Waals surface area contributed by atoms with Crippen LogP contribution < -0.4 is 15.4 Å². The number of methoxy groups -OCH3 is 1. The van der Waals surface area contributed by atoms with Crippen molar-refractivity contribution < 1.29 is 22.7 Å². The molecular weight excluding hydrogens is 440 g/mol. The fraction of sp³-hybridized carbons (Fsp3) is 0.200. The molecule has 0 aliphatic carbocycles. The maximum atomic E-state index is 12.8. The number of anilines is 2. The van der Waals surface area contributed by atoms with Crippen LogP contribution in [0.1, 0.15) is 22.3 Å². The Balaban J connectivity index is 1.59. The van der Waals surface area contributed by atoms with Gasteiger partial charge >= 0.3 is 0 Å². The van der Waals surface area contributed by atoms with Gasteiger partial charge < -0.3 is 15.4 Å². The smallest absolute Gasteiger partial charge is 0.257 e. The highest BCUT2D eigenvalue weighted by Crippen LogP contribution is 2.20. The summed E-state index contributed by atoms with van der Waals surface area (Å²) in [5, 5.41) is 5.31. The average Bonchev–Trinajstić information content (AvgIpc) is 2.79.